The van der Waals surface area contributed by atoms with E-state index in [1.807, 2.05) is 0 Å². The molecule has 0 heterocycles. The Kier molecular flexibility index (Phi) is 4.19. The highest BCUT2D eigenvalue weighted by molar-refractivity contribution is 7.73. The number of hydrogen-bond donors (Lipinski definition) is 0. The van der Waals surface area contributed by atoms with Crippen molar-refractivity contribution in [2.24, 2.45) is 0 Å². The van der Waals surface area contributed by atoms with Gasteiger partial charge in [-0.05, 0) is 24.7 Å². The molecule has 0 radical (unpaired) electrons. The van der Waals surface area contributed by atoms with Gasteiger partial charge in [0.2, 0.25) is 0 Å². The molecule has 0 aliphatic carbocycles. The minimum Gasteiger partial charge on any atom is -0.0766 e. The fourth-order valence-electron chi connectivity index (χ4n) is 1.85. The van der Waals surface area contributed by atoms with E-state index in [1.165, 1.54) is 23.1 Å². The molecule has 0 bridgehead atoms. The molecular formula is C14H16BP. The summed E-state index contributed by atoms with van der Waals surface area (Å²) >= 11 is 0. The maximum Gasteiger partial charge on any atom is 0.101 e. The molecule has 0 N–H and O–H groups in total. The summed E-state index contributed by atoms with van der Waals surface area (Å²) < 4.78 is 0. The van der Waals surface area contributed by atoms with Crippen LogP contribution in [-0.2, 0) is 0 Å². The molecule has 2 heteroatoms. The minimum absolute atomic E-state index is 0.151. The second kappa shape index (κ2) is 5.87. The zero-order valence-electron chi connectivity index (χ0n) is 9.63. The Morgan fingerprint density at radius 3 is 1.56 bits per heavy atom. The highest BCUT2D eigenvalue weighted by atomic mass is 31.1. The molecule has 0 unspecified atom stereocenters. The van der Waals surface area contributed by atoms with Crippen molar-refractivity contribution in [3.8, 4) is 0 Å². The van der Waals surface area contributed by atoms with Crippen molar-refractivity contribution in [2.75, 3.05) is 6.16 Å². The zero-order chi connectivity index (χ0) is 11.2. The second-order valence-electron chi connectivity index (χ2n) is 3.82. The van der Waals surface area contributed by atoms with Gasteiger partial charge in [-0.25, -0.2) is 0 Å². The van der Waals surface area contributed by atoms with Crippen molar-refractivity contribution >= 4 is 26.4 Å². The summed E-state index contributed by atoms with van der Waals surface area (Å²) in [5, 5.41) is 2.98. The molecule has 0 aliphatic heterocycles. The van der Waals surface area contributed by atoms with Crippen molar-refractivity contribution < 1.29 is 0 Å². The monoisotopic (exact) mass is 226 g/mol. The molecule has 0 aliphatic rings. The number of rotatable bonds is 4. The smallest absolute Gasteiger partial charge is 0.0766 e. The van der Waals surface area contributed by atoms with E-state index in [0.29, 0.717) is 0 Å². The molecule has 0 amide bonds. The van der Waals surface area contributed by atoms with E-state index in [2.05, 4.69) is 68.5 Å². The summed E-state index contributed by atoms with van der Waals surface area (Å²) in [5.41, 5.74) is 0. The molecule has 0 saturated carbocycles. The van der Waals surface area contributed by atoms with Crippen LogP contribution in [0.25, 0.3) is 0 Å². The average molecular weight is 226 g/mol. The first-order valence-electron chi connectivity index (χ1n) is 5.79. The van der Waals surface area contributed by atoms with Crippen LogP contribution in [-0.4, -0.2) is 14.0 Å². The van der Waals surface area contributed by atoms with Gasteiger partial charge in [0, 0.05) is 0 Å². The van der Waals surface area contributed by atoms with Crippen LogP contribution in [0.4, 0.5) is 0 Å². The molecule has 16 heavy (non-hydrogen) atoms. The molecular weight excluding hydrogens is 210 g/mol. The highest BCUT2D eigenvalue weighted by Crippen LogP contribution is 2.33. The Bertz CT molecular complexity index is 374. The Balaban J connectivity index is 2.31. The van der Waals surface area contributed by atoms with Crippen molar-refractivity contribution in [3.05, 3.63) is 60.7 Å². The van der Waals surface area contributed by atoms with Gasteiger partial charge >= 0.3 is 0 Å². The van der Waals surface area contributed by atoms with Crippen LogP contribution in [0.3, 0.4) is 0 Å². The Labute approximate surface area is 99.9 Å². The lowest BCUT2D eigenvalue weighted by Gasteiger charge is -2.17. The fraction of sp³-hybridized carbons (Fsp3) is 0.143. The van der Waals surface area contributed by atoms with Crippen molar-refractivity contribution in [1.82, 2.24) is 0 Å². The Hall–Kier alpha value is -1.07. The predicted octanol–water partition coefficient (Wildman–Crippen LogP) is 2.17. The van der Waals surface area contributed by atoms with Gasteiger partial charge in [-0.3, -0.25) is 0 Å². The summed E-state index contributed by atoms with van der Waals surface area (Å²) in [6.07, 6.45) is 2.53. The minimum atomic E-state index is -0.151. The third-order valence-electron chi connectivity index (χ3n) is 2.58. The van der Waals surface area contributed by atoms with E-state index in [-0.39, 0.29) is 7.92 Å². The molecule has 0 aromatic heterocycles. The first-order chi connectivity index (χ1) is 7.92. The fourth-order valence-corrected chi connectivity index (χ4v) is 4.17. The molecule has 2 rings (SSSR count). The maximum atomic E-state index is 2.27. The summed E-state index contributed by atoms with van der Waals surface area (Å²) in [5.74, 6) is 0. The molecule has 80 valence electrons. The van der Waals surface area contributed by atoms with Crippen LogP contribution in [0.5, 0.6) is 0 Å². The Morgan fingerprint density at radius 2 is 1.19 bits per heavy atom. The van der Waals surface area contributed by atoms with Crippen molar-refractivity contribution in [3.63, 3.8) is 0 Å². The predicted molar refractivity (Wildman–Crippen MR) is 77.3 cm³/mol. The third-order valence-corrected chi connectivity index (χ3v) is 5.32. The van der Waals surface area contributed by atoms with Crippen LogP contribution in [0.15, 0.2) is 60.7 Å². The van der Waals surface area contributed by atoms with Gasteiger partial charge < -0.3 is 0 Å². The zero-order valence-corrected chi connectivity index (χ0v) is 10.5. The van der Waals surface area contributed by atoms with E-state index in [4.69, 9.17) is 0 Å². The van der Waals surface area contributed by atoms with Gasteiger partial charge in [0.1, 0.15) is 7.85 Å². The summed E-state index contributed by atoms with van der Waals surface area (Å²) in [7, 11) is 2.11. The SMILES string of the molecule is BCCP(c1ccccc1)c1ccccc1. The van der Waals surface area contributed by atoms with E-state index in [9.17, 15) is 0 Å². The van der Waals surface area contributed by atoms with Gasteiger partial charge in [-0.2, -0.15) is 0 Å². The average Bonchev–Trinajstić information content (AvgIpc) is 2.38. The van der Waals surface area contributed by atoms with Crippen LogP contribution in [0, 0.1) is 0 Å². The second-order valence-corrected chi connectivity index (χ2v) is 6.16. The molecule has 2 aromatic rings. The van der Waals surface area contributed by atoms with Gasteiger partial charge in [0.05, 0.1) is 0 Å². The normalized spacial score (nSPS) is 10.6. The topological polar surface area (TPSA) is 0 Å². The van der Waals surface area contributed by atoms with E-state index >= 15 is 0 Å². The van der Waals surface area contributed by atoms with Crippen molar-refractivity contribution in [1.29, 1.82) is 0 Å². The standard InChI is InChI=1S/C14H16BP/c15-11-12-16(13-7-3-1-4-8-13)14-9-5-2-6-10-14/h1-10H,11-12,15H2. The van der Waals surface area contributed by atoms with Gasteiger partial charge in [-0.1, -0.05) is 67.0 Å². The summed E-state index contributed by atoms with van der Waals surface area (Å²) in [6.45, 7) is 0. The summed E-state index contributed by atoms with van der Waals surface area (Å²) in [6, 6.07) is 21.8. The molecule has 0 nitrogen and oxygen atoms in total. The van der Waals surface area contributed by atoms with Gasteiger partial charge in [0.15, 0.2) is 0 Å². The van der Waals surface area contributed by atoms with Crippen molar-refractivity contribution in [2.45, 2.75) is 6.32 Å². The first kappa shape index (κ1) is 11.4. The van der Waals surface area contributed by atoms with Crippen LogP contribution in [0.2, 0.25) is 6.32 Å². The largest absolute Gasteiger partial charge is 0.101 e. The van der Waals surface area contributed by atoms with Crippen LogP contribution < -0.4 is 10.6 Å². The number of benzene rings is 2. The lowest BCUT2D eigenvalue weighted by Crippen LogP contribution is -2.13. The van der Waals surface area contributed by atoms with Gasteiger partial charge in [0.25, 0.3) is 0 Å². The van der Waals surface area contributed by atoms with E-state index in [1.54, 1.807) is 0 Å². The highest BCUT2D eigenvalue weighted by Gasteiger charge is 2.11. The molecule has 0 fully saturated rings. The molecule has 0 spiro atoms. The lowest BCUT2D eigenvalue weighted by molar-refractivity contribution is 1.48. The van der Waals surface area contributed by atoms with Gasteiger partial charge in [-0.15, -0.1) is 0 Å². The molecule has 0 saturated heterocycles. The maximum absolute atomic E-state index is 2.27. The number of hydrogen-bond acceptors (Lipinski definition) is 0. The Morgan fingerprint density at radius 1 is 0.750 bits per heavy atom. The van der Waals surface area contributed by atoms with E-state index in [0.717, 1.165) is 0 Å². The lowest BCUT2D eigenvalue weighted by atomic mass is 10.1. The molecule has 2 aromatic carbocycles. The first-order valence-corrected chi connectivity index (χ1v) is 7.32. The van der Waals surface area contributed by atoms with E-state index < -0.39 is 0 Å². The van der Waals surface area contributed by atoms with Crippen LogP contribution >= 0.6 is 7.92 Å². The summed E-state index contributed by atoms with van der Waals surface area (Å²) in [4.78, 5) is 0. The molecule has 0 atom stereocenters. The quantitative estimate of drug-likeness (QED) is 0.553. The third kappa shape index (κ3) is 2.74. The van der Waals surface area contributed by atoms with Crippen LogP contribution in [0.1, 0.15) is 0 Å².